The molecular weight excluding hydrogens is 388 g/mol. The van der Waals surface area contributed by atoms with E-state index in [-0.39, 0.29) is 5.92 Å². The molecule has 0 aromatic carbocycles. The molecule has 0 bridgehead atoms. The van der Waals surface area contributed by atoms with Gasteiger partial charge in [-0.05, 0) is 19.3 Å². The number of rotatable bonds is 26. The van der Waals surface area contributed by atoms with E-state index in [2.05, 4.69) is 20.8 Å². The first-order chi connectivity index (χ1) is 15.6. The Labute approximate surface area is 204 Å². The molecule has 0 aromatic heterocycles. The van der Waals surface area contributed by atoms with Crippen LogP contribution in [-0.4, -0.2) is 5.78 Å². The van der Waals surface area contributed by atoms with Gasteiger partial charge in [0.15, 0.2) is 0 Å². The van der Waals surface area contributed by atoms with Crippen LogP contribution in [0.4, 0.5) is 0 Å². The monoisotopic (exact) mass is 450 g/mol. The Morgan fingerprint density at radius 2 is 0.750 bits per heavy atom. The first-order valence-corrected chi connectivity index (χ1v) is 15.1. The highest BCUT2D eigenvalue weighted by atomic mass is 16.1. The van der Waals surface area contributed by atoms with Gasteiger partial charge < -0.3 is 0 Å². The molecule has 1 heteroatoms. The summed E-state index contributed by atoms with van der Waals surface area (Å²) < 4.78 is 0. The highest BCUT2D eigenvalue weighted by Gasteiger charge is 2.06. The van der Waals surface area contributed by atoms with Gasteiger partial charge in [-0.15, -0.1) is 0 Å². The second-order valence-corrected chi connectivity index (χ2v) is 11.1. The smallest absolute Gasteiger partial charge is 0.132 e. The lowest BCUT2D eigenvalue weighted by molar-refractivity contribution is -0.120. The molecule has 0 unspecified atom stereocenters. The molecule has 0 aliphatic carbocycles. The summed E-state index contributed by atoms with van der Waals surface area (Å²) in [5, 5.41) is 0. The molecule has 192 valence electrons. The third kappa shape index (κ3) is 24.3. The van der Waals surface area contributed by atoms with Crippen molar-refractivity contribution < 1.29 is 4.79 Å². The number of ketones is 1. The average Bonchev–Trinajstić information content (AvgIpc) is 2.77. The maximum Gasteiger partial charge on any atom is 0.132 e. The van der Waals surface area contributed by atoms with E-state index in [1.807, 2.05) is 0 Å². The van der Waals surface area contributed by atoms with Crippen LogP contribution in [0.2, 0.25) is 0 Å². The van der Waals surface area contributed by atoms with Crippen LogP contribution in [0, 0.1) is 11.8 Å². The summed E-state index contributed by atoms with van der Waals surface area (Å²) in [5.41, 5.74) is 0. The Kier molecular flexibility index (Phi) is 25.0. The summed E-state index contributed by atoms with van der Waals surface area (Å²) in [6.07, 6.45) is 34.0. The molecule has 0 radical (unpaired) electrons. The van der Waals surface area contributed by atoms with E-state index < -0.39 is 0 Å². The number of carbonyl (C=O) groups is 1. The average molecular weight is 451 g/mol. The number of hydrogen-bond acceptors (Lipinski definition) is 1. The van der Waals surface area contributed by atoms with E-state index in [0.29, 0.717) is 5.78 Å². The molecule has 0 spiro atoms. The fourth-order valence-corrected chi connectivity index (χ4v) is 4.86. The van der Waals surface area contributed by atoms with Crippen LogP contribution in [0.15, 0.2) is 0 Å². The van der Waals surface area contributed by atoms with Crippen molar-refractivity contribution in [2.75, 3.05) is 0 Å². The summed E-state index contributed by atoms with van der Waals surface area (Å²) in [4.78, 5) is 11.2. The van der Waals surface area contributed by atoms with Crippen molar-refractivity contribution in [3.63, 3.8) is 0 Å². The van der Waals surface area contributed by atoms with Gasteiger partial charge in [0, 0.05) is 5.92 Å². The van der Waals surface area contributed by atoms with Crippen LogP contribution in [0.25, 0.3) is 0 Å². The predicted octanol–water partition coefficient (Wildman–Crippen LogP) is 11.2. The van der Waals surface area contributed by atoms with E-state index in [9.17, 15) is 4.79 Å². The van der Waals surface area contributed by atoms with E-state index in [0.717, 1.165) is 12.3 Å². The van der Waals surface area contributed by atoms with Crippen LogP contribution in [0.3, 0.4) is 0 Å². The lowest BCUT2D eigenvalue weighted by Gasteiger charge is -2.11. The van der Waals surface area contributed by atoms with Gasteiger partial charge in [0.2, 0.25) is 0 Å². The number of carbonyl (C=O) groups excluding carboxylic acids is 1. The maximum atomic E-state index is 11.2. The zero-order valence-electron chi connectivity index (χ0n) is 23.0. The summed E-state index contributed by atoms with van der Waals surface area (Å²) in [6, 6.07) is 0. The minimum Gasteiger partial charge on any atom is -0.300 e. The van der Waals surface area contributed by atoms with Gasteiger partial charge in [0.1, 0.15) is 5.78 Å². The zero-order chi connectivity index (χ0) is 23.7. The maximum absolute atomic E-state index is 11.2. The molecule has 0 saturated carbocycles. The molecule has 2 atom stereocenters. The fourth-order valence-electron chi connectivity index (χ4n) is 4.86. The van der Waals surface area contributed by atoms with Crippen LogP contribution >= 0.6 is 0 Å². The van der Waals surface area contributed by atoms with Crippen LogP contribution in [0.5, 0.6) is 0 Å². The lowest BCUT2D eigenvalue weighted by atomic mass is 9.95. The first kappa shape index (κ1) is 31.7. The van der Waals surface area contributed by atoms with Gasteiger partial charge in [-0.1, -0.05) is 168 Å². The Bertz CT molecular complexity index is 375. The number of hydrogen-bond donors (Lipinski definition) is 0. The topological polar surface area (TPSA) is 17.1 Å². The number of unbranched alkanes of at least 4 members (excludes halogenated alkanes) is 19. The first-order valence-electron chi connectivity index (χ1n) is 15.1. The van der Waals surface area contributed by atoms with Crippen molar-refractivity contribution in [2.45, 2.75) is 182 Å². The third-order valence-electron chi connectivity index (χ3n) is 7.58. The summed E-state index contributed by atoms with van der Waals surface area (Å²) in [6.45, 7) is 8.56. The van der Waals surface area contributed by atoms with Crippen molar-refractivity contribution in [1.29, 1.82) is 0 Å². The lowest BCUT2D eigenvalue weighted by Crippen LogP contribution is -2.05. The Balaban J connectivity index is 3.19. The highest BCUT2D eigenvalue weighted by molar-refractivity contribution is 5.77. The van der Waals surface area contributed by atoms with Crippen molar-refractivity contribution in [3.8, 4) is 0 Å². The molecule has 0 aromatic rings. The fraction of sp³-hybridized carbons (Fsp3) is 0.968. The zero-order valence-corrected chi connectivity index (χ0v) is 23.0. The predicted molar refractivity (Wildman–Crippen MR) is 145 cm³/mol. The van der Waals surface area contributed by atoms with Crippen molar-refractivity contribution in [1.82, 2.24) is 0 Å². The van der Waals surface area contributed by atoms with Crippen molar-refractivity contribution in [3.05, 3.63) is 0 Å². The molecule has 0 saturated heterocycles. The molecule has 0 N–H and O–H groups in total. The summed E-state index contributed by atoms with van der Waals surface area (Å²) in [7, 11) is 0. The Morgan fingerprint density at radius 1 is 0.469 bits per heavy atom. The number of Topliss-reactive ketones (excluding diaryl/α,β-unsaturated/α-hetero) is 1. The molecule has 0 aliphatic heterocycles. The van der Waals surface area contributed by atoms with Crippen molar-refractivity contribution in [2.24, 2.45) is 11.8 Å². The van der Waals surface area contributed by atoms with Crippen molar-refractivity contribution >= 4 is 5.78 Å². The molecule has 0 heterocycles. The molecule has 0 aliphatic rings. The minimum absolute atomic E-state index is 0.273. The normalized spacial score (nSPS) is 13.4. The molecular formula is C31H62O. The Morgan fingerprint density at radius 3 is 1.06 bits per heavy atom. The molecule has 0 rings (SSSR count). The van der Waals surface area contributed by atoms with Crippen LogP contribution in [0.1, 0.15) is 182 Å². The van der Waals surface area contributed by atoms with E-state index >= 15 is 0 Å². The second-order valence-electron chi connectivity index (χ2n) is 11.1. The summed E-state index contributed by atoms with van der Waals surface area (Å²) >= 11 is 0. The third-order valence-corrected chi connectivity index (χ3v) is 7.58. The quantitative estimate of drug-likeness (QED) is 0.120. The molecule has 1 nitrogen and oxygen atoms in total. The largest absolute Gasteiger partial charge is 0.300 e. The SMILES string of the molecule is CCCCCCCCCCCCCCCCCC[C@@H](C)CCCCCCC[C@H](C)C(C)=O. The standard InChI is InChI=1S/C31H62O/c1-5-6-7-8-9-10-11-12-13-14-15-16-17-18-20-23-26-29(2)27-24-21-19-22-25-28-30(3)31(4)32/h29-30H,5-28H2,1-4H3/t29-,30+/m1/s1. The minimum atomic E-state index is 0.273. The molecule has 0 fully saturated rings. The van der Waals surface area contributed by atoms with E-state index in [1.54, 1.807) is 6.92 Å². The molecule has 32 heavy (non-hydrogen) atoms. The summed E-state index contributed by atoms with van der Waals surface area (Å²) in [5.74, 6) is 1.54. The van der Waals surface area contributed by atoms with Crippen LogP contribution in [-0.2, 0) is 4.79 Å². The van der Waals surface area contributed by atoms with Gasteiger partial charge in [-0.2, -0.15) is 0 Å². The van der Waals surface area contributed by atoms with Gasteiger partial charge in [0.05, 0.1) is 0 Å². The van der Waals surface area contributed by atoms with Gasteiger partial charge >= 0.3 is 0 Å². The molecule has 0 amide bonds. The van der Waals surface area contributed by atoms with Crippen LogP contribution < -0.4 is 0 Å². The van der Waals surface area contributed by atoms with E-state index in [4.69, 9.17) is 0 Å². The van der Waals surface area contributed by atoms with Gasteiger partial charge in [-0.25, -0.2) is 0 Å². The van der Waals surface area contributed by atoms with Gasteiger partial charge in [0.25, 0.3) is 0 Å². The second kappa shape index (κ2) is 25.3. The Hall–Kier alpha value is -0.330. The van der Waals surface area contributed by atoms with Gasteiger partial charge in [-0.3, -0.25) is 4.79 Å². The van der Waals surface area contributed by atoms with E-state index in [1.165, 1.54) is 148 Å². The highest BCUT2D eigenvalue weighted by Crippen LogP contribution is 2.19.